The molecule has 2 amide bonds. The summed E-state index contributed by atoms with van der Waals surface area (Å²) in [7, 11) is -3.58. The van der Waals surface area contributed by atoms with Crippen molar-refractivity contribution in [3.8, 4) is 5.75 Å². The fourth-order valence-electron chi connectivity index (χ4n) is 5.84. The van der Waals surface area contributed by atoms with Crippen LogP contribution in [0.1, 0.15) is 64.8 Å². The summed E-state index contributed by atoms with van der Waals surface area (Å²) in [5, 5.41) is 10.9. The number of phenols is 1. The Labute approximate surface area is 243 Å². The Hall–Kier alpha value is -3.51. The van der Waals surface area contributed by atoms with Gasteiger partial charge in [-0.3, -0.25) is 19.4 Å². The molecule has 1 aromatic heterocycles. The molecule has 0 saturated heterocycles. The number of benzene rings is 2. The number of fused-ring (bicyclic) bond motifs is 1. The molecule has 3 N–H and O–H groups in total. The van der Waals surface area contributed by atoms with E-state index < -0.39 is 40.0 Å². The summed E-state index contributed by atoms with van der Waals surface area (Å²) in [6, 6.07) is 14.6. The molecule has 216 valence electrons. The highest BCUT2D eigenvalue weighted by atomic mass is 35.5. The van der Waals surface area contributed by atoms with Crippen LogP contribution in [-0.4, -0.2) is 53.6 Å². The van der Waals surface area contributed by atoms with Gasteiger partial charge < -0.3 is 10.0 Å². The molecule has 0 bridgehead atoms. The zero-order chi connectivity index (χ0) is 29.1. The number of aromatic hydroxyl groups is 1. The van der Waals surface area contributed by atoms with Crippen LogP contribution in [-0.2, 0) is 26.3 Å². The monoisotopic (exact) mass is 598 g/mol. The molecule has 1 saturated carbocycles. The van der Waals surface area contributed by atoms with Crippen molar-refractivity contribution in [3.63, 3.8) is 0 Å². The number of aromatic nitrogens is 1. The SMILES string of the molecule is CS(=O)(=O)N[C@H]1CCCCC1N1C(=O)c2ccc(O)cc2[C@@H](C(=O)NOCc2ccccn2)[C@@H]1c1ccc(Cl)cc1. The van der Waals surface area contributed by atoms with Gasteiger partial charge in [0.05, 0.1) is 23.9 Å². The minimum Gasteiger partial charge on any atom is -0.508 e. The second kappa shape index (κ2) is 12.2. The van der Waals surface area contributed by atoms with E-state index in [0.717, 1.165) is 19.1 Å². The zero-order valence-electron chi connectivity index (χ0n) is 22.4. The second-order valence-corrected chi connectivity index (χ2v) is 12.6. The molecular formula is C29H31ClN4O6S. The summed E-state index contributed by atoms with van der Waals surface area (Å²) in [6.07, 6.45) is 5.39. The first kappa shape index (κ1) is 29.0. The van der Waals surface area contributed by atoms with E-state index in [1.165, 1.54) is 18.2 Å². The highest BCUT2D eigenvalue weighted by Gasteiger charge is 2.49. The highest BCUT2D eigenvalue weighted by molar-refractivity contribution is 7.88. The van der Waals surface area contributed by atoms with E-state index in [4.69, 9.17) is 16.4 Å². The minimum absolute atomic E-state index is 0.0173. The Kier molecular flexibility index (Phi) is 8.60. The number of nitrogens with zero attached hydrogens (tertiary/aromatic N) is 2. The van der Waals surface area contributed by atoms with Gasteiger partial charge in [0.15, 0.2) is 0 Å². The van der Waals surface area contributed by atoms with Gasteiger partial charge in [-0.05, 0) is 66.4 Å². The minimum atomic E-state index is -3.58. The predicted molar refractivity (Wildman–Crippen MR) is 152 cm³/mol. The number of halogens is 1. The van der Waals surface area contributed by atoms with Gasteiger partial charge in [0, 0.05) is 28.9 Å². The Balaban J connectivity index is 1.59. The van der Waals surface area contributed by atoms with Crippen LogP contribution >= 0.6 is 11.6 Å². The van der Waals surface area contributed by atoms with E-state index in [-0.39, 0.29) is 23.8 Å². The molecule has 0 radical (unpaired) electrons. The van der Waals surface area contributed by atoms with E-state index in [0.29, 0.717) is 34.7 Å². The Morgan fingerprint density at radius 3 is 2.59 bits per heavy atom. The van der Waals surface area contributed by atoms with Crippen LogP contribution in [0.5, 0.6) is 5.75 Å². The maximum atomic E-state index is 14.2. The Morgan fingerprint density at radius 1 is 1.12 bits per heavy atom. The molecule has 0 spiro atoms. The first-order valence-corrected chi connectivity index (χ1v) is 15.6. The fraction of sp³-hybridized carbons (Fsp3) is 0.345. The standard InChI is InChI=1S/C29H31ClN4O6S/c1-41(38,39)33-24-7-2-3-8-25(24)34-27(18-9-11-19(30)12-10-18)26(23-16-21(35)13-14-22(23)29(34)37)28(36)32-40-17-20-6-4-5-15-31-20/h4-6,9-16,24-27,33,35H,2-3,7-8,17H2,1H3,(H,32,36)/t24-,25?,26+,27-/m0/s1. The van der Waals surface area contributed by atoms with E-state index in [1.54, 1.807) is 53.6 Å². The molecule has 12 heteroatoms. The third-order valence-corrected chi connectivity index (χ3v) is 8.50. The Bertz CT molecular complexity index is 1520. The van der Waals surface area contributed by atoms with Gasteiger partial charge in [0.2, 0.25) is 10.0 Å². The van der Waals surface area contributed by atoms with Gasteiger partial charge in [-0.2, -0.15) is 0 Å². The predicted octanol–water partition coefficient (Wildman–Crippen LogP) is 3.83. The molecule has 2 aromatic carbocycles. The normalized spacial score (nSPS) is 22.7. The summed E-state index contributed by atoms with van der Waals surface area (Å²) >= 11 is 6.19. The molecule has 2 aliphatic rings. The van der Waals surface area contributed by atoms with Crippen molar-refractivity contribution in [1.29, 1.82) is 0 Å². The summed E-state index contributed by atoms with van der Waals surface area (Å²) in [6.45, 7) is 0.0173. The van der Waals surface area contributed by atoms with E-state index in [9.17, 15) is 23.1 Å². The average molecular weight is 599 g/mol. The number of nitrogens with one attached hydrogen (secondary N) is 2. The average Bonchev–Trinajstić information content (AvgIpc) is 2.93. The molecule has 3 aromatic rings. The molecule has 1 aliphatic heterocycles. The van der Waals surface area contributed by atoms with Crippen LogP contribution in [0.4, 0.5) is 0 Å². The van der Waals surface area contributed by atoms with E-state index in [2.05, 4.69) is 15.2 Å². The van der Waals surface area contributed by atoms with Crippen LogP contribution in [0.3, 0.4) is 0 Å². The molecule has 5 rings (SSSR count). The number of amides is 2. The van der Waals surface area contributed by atoms with Gasteiger partial charge in [-0.15, -0.1) is 0 Å². The number of carbonyl (C=O) groups excluding carboxylic acids is 2. The lowest BCUT2D eigenvalue weighted by Gasteiger charge is -2.49. The molecule has 41 heavy (non-hydrogen) atoms. The van der Waals surface area contributed by atoms with E-state index >= 15 is 0 Å². The number of rotatable bonds is 8. The number of hydroxylamine groups is 1. The van der Waals surface area contributed by atoms with Crippen LogP contribution in [0.15, 0.2) is 66.9 Å². The maximum absolute atomic E-state index is 14.2. The summed E-state index contributed by atoms with van der Waals surface area (Å²) < 4.78 is 27.3. The third-order valence-electron chi connectivity index (χ3n) is 7.52. The van der Waals surface area contributed by atoms with Gasteiger partial charge in [-0.25, -0.2) is 18.6 Å². The lowest BCUT2D eigenvalue weighted by Crippen LogP contribution is -2.59. The van der Waals surface area contributed by atoms with E-state index in [1.807, 2.05) is 0 Å². The first-order chi connectivity index (χ1) is 19.6. The van der Waals surface area contributed by atoms with Gasteiger partial charge >= 0.3 is 0 Å². The summed E-state index contributed by atoms with van der Waals surface area (Å²) in [5.74, 6) is -1.99. The number of hydrogen-bond donors (Lipinski definition) is 3. The molecule has 2 heterocycles. The maximum Gasteiger partial charge on any atom is 0.255 e. The zero-order valence-corrected chi connectivity index (χ0v) is 23.9. The highest BCUT2D eigenvalue weighted by Crippen LogP contribution is 2.47. The molecule has 4 atom stereocenters. The second-order valence-electron chi connectivity index (χ2n) is 10.4. The third kappa shape index (κ3) is 6.54. The first-order valence-electron chi connectivity index (χ1n) is 13.3. The van der Waals surface area contributed by atoms with Crippen LogP contribution in [0.25, 0.3) is 0 Å². The van der Waals surface area contributed by atoms with Crippen molar-refractivity contribution >= 4 is 33.4 Å². The lowest BCUT2D eigenvalue weighted by molar-refractivity contribution is -0.138. The quantitative estimate of drug-likeness (QED) is 0.335. The number of carbonyl (C=O) groups is 2. The van der Waals surface area contributed by atoms with Crippen molar-refractivity contribution in [3.05, 3.63) is 94.3 Å². The number of pyridine rings is 1. The number of sulfonamides is 1. The Morgan fingerprint density at radius 2 is 1.88 bits per heavy atom. The summed E-state index contributed by atoms with van der Waals surface area (Å²) in [5.41, 5.74) is 4.36. The van der Waals surface area contributed by atoms with Crippen molar-refractivity contribution in [2.45, 2.75) is 56.3 Å². The van der Waals surface area contributed by atoms with Crippen molar-refractivity contribution in [1.82, 2.24) is 20.1 Å². The van der Waals surface area contributed by atoms with Crippen molar-refractivity contribution in [2.75, 3.05) is 6.26 Å². The van der Waals surface area contributed by atoms with Crippen molar-refractivity contribution in [2.24, 2.45) is 0 Å². The van der Waals surface area contributed by atoms with Gasteiger partial charge in [-0.1, -0.05) is 42.6 Å². The van der Waals surface area contributed by atoms with Gasteiger partial charge in [0.25, 0.3) is 11.8 Å². The smallest absolute Gasteiger partial charge is 0.255 e. The molecule has 1 aliphatic carbocycles. The number of phenolic OH excluding ortho intramolecular Hbond substituents is 1. The van der Waals surface area contributed by atoms with Crippen molar-refractivity contribution < 1.29 is 28.0 Å². The molecule has 1 unspecified atom stereocenters. The van der Waals surface area contributed by atoms with Crippen LogP contribution in [0.2, 0.25) is 5.02 Å². The molecule has 1 fully saturated rings. The lowest BCUT2D eigenvalue weighted by atomic mass is 9.76. The molecular weight excluding hydrogens is 568 g/mol. The molecule has 10 nitrogen and oxygen atoms in total. The largest absolute Gasteiger partial charge is 0.508 e. The topological polar surface area (TPSA) is 138 Å². The fourth-order valence-corrected chi connectivity index (χ4v) is 6.79. The van der Waals surface area contributed by atoms with Gasteiger partial charge in [0.1, 0.15) is 12.4 Å². The summed E-state index contributed by atoms with van der Waals surface area (Å²) in [4.78, 5) is 39.5. The number of hydrogen-bond acceptors (Lipinski definition) is 7. The van der Waals surface area contributed by atoms with Crippen LogP contribution < -0.4 is 10.2 Å². The van der Waals surface area contributed by atoms with Crippen LogP contribution in [0, 0.1) is 0 Å².